The Kier molecular flexibility index (Phi) is 4.39. The zero-order valence-corrected chi connectivity index (χ0v) is 13.3. The molecule has 6 heteroatoms. The molecule has 0 atom stereocenters. The van der Waals surface area contributed by atoms with Crippen LogP contribution in [-0.4, -0.2) is 20.9 Å². The van der Waals surface area contributed by atoms with Gasteiger partial charge in [-0.1, -0.05) is 41.9 Å². The van der Waals surface area contributed by atoms with Crippen molar-refractivity contribution in [3.05, 3.63) is 76.6 Å². The number of carbonyl (C=O) groups excluding carboxylic acids is 1. The molecule has 0 aliphatic heterocycles. The molecule has 0 unspecified atom stereocenters. The van der Waals surface area contributed by atoms with Crippen LogP contribution in [0.3, 0.4) is 0 Å². The van der Waals surface area contributed by atoms with Gasteiger partial charge >= 0.3 is 0 Å². The number of hydrogen-bond acceptors (Lipinski definition) is 3. The first-order chi connectivity index (χ1) is 11.1. The van der Waals surface area contributed by atoms with Crippen LogP contribution >= 0.6 is 11.6 Å². The van der Waals surface area contributed by atoms with Crippen molar-refractivity contribution in [2.24, 2.45) is 0 Å². The van der Waals surface area contributed by atoms with E-state index in [0.717, 1.165) is 11.3 Å². The maximum atomic E-state index is 12.3. The van der Waals surface area contributed by atoms with Gasteiger partial charge < -0.3 is 5.32 Å². The fourth-order valence-electron chi connectivity index (χ4n) is 2.18. The number of aryl methyl sites for hydroxylation is 1. The minimum absolute atomic E-state index is 0.260. The quantitative estimate of drug-likeness (QED) is 0.801. The summed E-state index contributed by atoms with van der Waals surface area (Å²) in [6.45, 7) is 2.15. The van der Waals surface area contributed by atoms with Crippen molar-refractivity contribution in [2.45, 2.75) is 13.5 Å². The van der Waals surface area contributed by atoms with Crippen LogP contribution in [0.2, 0.25) is 5.02 Å². The second-order valence-corrected chi connectivity index (χ2v) is 5.51. The maximum absolute atomic E-state index is 12.3. The van der Waals surface area contributed by atoms with Gasteiger partial charge in [0.25, 0.3) is 5.91 Å². The number of nitrogens with one attached hydrogen (secondary N) is 1. The largest absolute Gasteiger partial charge is 0.347 e. The summed E-state index contributed by atoms with van der Waals surface area (Å²) in [6, 6.07) is 16.8. The first-order valence-corrected chi connectivity index (χ1v) is 7.53. The van der Waals surface area contributed by atoms with Crippen LogP contribution in [-0.2, 0) is 6.54 Å². The first kappa shape index (κ1) is 15.2. The molecule has 0 spiro atoms. The number of nitrogens with zero attached hydrogens (tertiary/aromatic N) is 3. The van der Waals surface area contributed by atoms with Gasteiger partial charge in [0.1, 0.15) is 0 Å². The topological polar surface area (TPSA) is 59.8 Å². The molecule has 0 radical (unpaired) electrons. The van der Waals surface area contributed by atoms with E-state index in [1.54, 1.807) is 13.0 Å². The molecule has 0 aliphatic carbocycles. The van der Waals surface area contributed by atoms with Gasteiger partial charge in [0.2, 0.25) is 0 Å². The minimum atomic E-state index is -0.260. The molecule has 0 bridgehead atoms. The molecule has 3 aromatic rings. The Morgan fingerprint density at radius 2 is 1.91 bits per heavy atom. The molecule has 5 nitrogen and oxygen atoms in total. The Bertz CT molecular complexity index is 830. The van der Waals surface area contributed by atoms with Crippen molar-refractivity contribution in [2.75, 3.05) is 0 Å². The summed E-state index contributed by atoms with van der Waals surface area (Å²) in [5, 5.41) is 12.0. The van der Waals surface area contributed by atoms with Gasteiger partial charge in [-0.2, -0.15) is 9.90 Å². The Morgan fingerprint density at radius 1 is 1.13 bits per heavy atom. The number of amides is 1. The standard InChI is InChI=1S/C17H15ClN4O/c1-12-16(21-22(20-12)15-8-3-2-4-9-15)17(23)19-11-13-6-5-7-14(18)10-13/h2-10H,11H2,1H3,(H,19,23). The molecule has 0 saturated heterocycles. The summed E-state index contributed by atoms with van der Waals surface area (Å²) in [6.07, 6.45) is 0. The summed E-state index contributed by atoms with van der Waals surface area (Å²) in [4.78, 5) is 13.8. The number of carbonyl (C=O) groups is 1. The lowest BCUT2D eigenvalue weighted by molar-refractivity contribution is 0.0945. The first-order valence-electron chi connectivity index (χ1n) is 7.15. The van der Waals surface area contributed by atoms with E-state index in [1.807, 2.05) is 48.5 Å². The number of hydrogen-bond donors (Lipinski definition) is 1. The van der Waals surface area contributed by atoms with Crippen molar-refractivity contribution in [1.29, 1.82) is 0 Å². The zero-order valence-electron chi connectivity index (χ0n) is 12.5. The van der Waals surface area contributed by atoms with Crippen molar-refractivity contribution < 1.29 is 4.79 Å². The van der Waals surface area contributed by atoms with Gasteiger partial charge in [0, 0.05) is 11.6 Å². The number of halogens is 1. The van der Waals surface area contributed by atoms with Gasteiger partial charge in [-0.25, -0.2) is 0 Å². The van der Waals surface area contributed by atoms with E-state index in [4.69, 9.17) is 11.6 Å². The monoisotopic (exact) mass is 326 g/mol. The Labute approximate surface area is 138 Å². The summed E-state index contributed by atoms with van der Waals surface area (Å²) >= 11 is 5.94. The Morgan fingerprint density at radius 3 is 2.65 bits per heavy atom. The molecule has 3 rings (SSSR count). The predicted octanol–water partition coefficient (Wildman–Crippen LogP) is 3.16. The molecule has 1 heterocycles. The van der Waals surface area contributed by atoms with Gasteiger partial charge in [-0.3, -0.25) is 4.79 Å². The normalized spacial score (nSPS) is 10.5. The lowest BCUT2D eigenvalue weighted by Gasteiger charge is -2.04. The predicted molar refractivity (Wildman–Crippen MR) is 88.7 cm³/mol. The van der Waals surface area contributed by atoms with E-state index in [1.165, 1.54) is 4.80 Å². The van der Waals surface area contributed by atoms with Gasteiger partial charge in [0.15, 0.2) is 5.69 Å². The Balaban J connectivity index is 1.74. The number of rotatable bonds is 4. The molecule has 2 aromatic carbocycles. The number of benzene rings is 2. The van der Waals surface area contributed by atoms with Gasteiger partial charge in [-0.15, -0.1) is 5.10 Å². The highest BCUT2D eigenvalue weighted by molar-refractivity contribution is 6.30. The van der Waals surface area contributed by atoms with Crippen molar-refractivity contribution in [1.82, 2.24) is 20.3 Å². The zero-order chi connectivity index (χ0) is 16.2. The van der Waals surface area contributed by atoms with Crippen LogP contribution in [0.5, 0.6) is 0 Å². The van der Waals surface area contributed by atoms with Crippen molar-refractivity contribution in [3.8, 4) is 5.69 Å². The van der Waals surface area contributed by atoms with Crippen LogP contribution in [0.4, 0.5) is 0 Å². The third-order valence-electron chi connectivity index (χ3n) is 3.33. The van der Waals surface area contributed by atoms with E-state index in [0.29, 0.717) is 23.0 Å². The van der Waals surface area contributed by atoms with Crippen LogP contribution < -0.4 is 5.32 Å². The second-order valence-electron chi connectivity index (χ2n) is 5.07. The molecule has 1 aromatic heterocycles. The van der Waals surface area contributed by atoms with Crippen molar-refractivity contribution >= 4 is 17.5 Å². The van der Waals surface area contributed by atoms with Crippen LogP contribution in [0.15, 0.2) is 54.6 Å². The van der Waals surface area contributed by atoms with Crippen LogP contribution in [0, 0.1) is 6.92 Å². The average molecular weight is 327 g/mol. The smallest absolute Gasteiger partial charge is 0.274 e. The molecule has 23 heavy (non-hydrogen) atoms. The van der Waals surface area contributed by atoms with Crippen LogP contribution in [0.25, 0.3) is 5.69 Å². The average Bonchev–Trinajstić information content (AvgIpc) is 2.95. The molecular formula is C17H15ClN4O. The van der Waals surface area contributed by atoms with E-state index in [2.05, 4.69) is 15.5 Å². The molecular weight excluding hydrogens is 312 g/mol. The molecule has 116 valence electrons. The highest BCUT2D eigenvalue weighted by atomic mass is 35.5. The molecule has 1 amide bonds. The highest BCUT2D eigenvalue weighted by Gasteiger charge is 2.16. The number of para-hydroxylation sites is 1. The third kappa shape index (κ3) is 3.57. The second kappa shape index (κ2) is 6.62. The molecule has 0 aliphatic rings. The minimum Gasteiger partial charge on any atom is -0.347 e. The van der Waals surface area contributed by atoms with Gasteiger partial charge in [0.05, 0.1) is 11.4 Å². The van der Waals surface area contributed by atoms with E-state index < -0.39 is 0 Å². The maximum Gasteiger partial charge on any atom is 0.274 e. The van der Waals surface area contributed by atoms with E-state index in [9.17, 15) is 4.79 Å². The van der Waals surface area contributed by atoms with E-state index in [-0.39, 0.29) is 5.91 Å². The SMILES string of the molecule is Cc1nn(-c2ccccc2)nc1C(=O)NCc1cccc(Cl)c1. The third-order valence-corrected chi connectivity index (χ3v) is 3.56. The summed E-state index contributed by atoms with van der Waals surface area (Å²) in [7, 11) is 0. The van der Waals surface area contributed by atoms with Crippen LogP contribution in [0.1, 0.15) is 21.7 Å². The molecule has 0 saturated carbocycles. The summed E-state index contributed by atoms with van der Waals surface area (Å²) in [5.74, 6) is -0.260. The van der Waals surface area contributed by atoms with Crippen molar-refractivity contribution in [3.63, 3.8) is 0 Å². The summed E-state index contributed by atoms with van der Waals surface area (Å²) in [5.41, 5.74) is 2.64. The lowest BCUT2D eigenvalue weighted by atomic mass is 10.2. The van der Waals surface area contributed by atoms with Gasteiger partial charge in [-0.05, 0) is 36.8 Å². The molecule has 0 fully saturated rings. The Hall–Kier alpha value is -2.66. The summed E-state index contributed by atoms with van der Waals surface area (Å²) < 4.78 is 0. The number of aromatic nitrogens is 3. The highest BCUT2D eigenvalue weighted by Crippen LogP contribution is 2.11. The lowest BCUT2D eigenvalue weighted by Crippen LogP contribution is -2.24. The van der Waals surface area contributed by atoms with E-state index >= 15 is 0 Å². The fourth-order valence-corrected chi connectivity index (χ4v) is 2.39. The fraction of sp³-hybridized carbons (Fsp3) is 0.118. The molecule has 1 N–H and O–H groups in total.